The Balaban J connectivity index is 2.38. The first-order valence-corrected chi connectivity index (χ1v) is 4.95. The zero-order valence-electron chi connectivity index (χ0n) is 8.02. The van der Waals surface area contributed by atoms with Crippen LogP contribution in [0.1, 0.15) is 25.7 Å². The smallest absolute Gasteiger partial charge is 0.00443 e. The Kier molecular flexibility index (Phi) is 5.87. The normalized spacial score (nSPS) is 28.9. The third kappa shape index (κ3) is 6.15. The van der Waals surface area contributed by atoms with E-state index in [1.54, 1.807) is 0 Å². The minimum Gasteiger partial charge on any atom is -0.0879 e. The maximum Gasteiger partial charge on any atom is 0.00443 e. The van der Waals surface area contributed by atoms with E-state index in [0.717, 1.165) is 25.7 Å². The molecule has 1 aliphatic carbocycles. The SMILES string of the molecule is [CH]1/C=C/C/C=C/CC/C=C/C/C=C/1. The highest BCUT2D eigenvalue weighted by Crippen LogP contribution is 1.99. The standard InChI is InChI=1S/C13H17/c1-2-4-6-8-10-12-13-11-9-7-5-3-1/h1-5,8-11H,6-7,12-13H2/b4-2+,5-3+,10-8+,11-9+. The Hall–Kier alpha value is -1.04. The van der Waals surface area contributed by atoms with Gasteiger partial charge in [0.2, 0.25) is 0 Å². The second-order valence-corrected chi connectivity index (χ2v) is 3.04. The van der Waals surface area contributed by atoms with Crippen LogP contribution in [-0.2, 0) is 0 Å². The van der Waals surface area contributed by atoms with Gasteiger partial charge in [-0.1, -0.05) is 48.6 Å². The summed E-state index contributed by atoms with van der Waals surface area (Å²) < 4.78 is 0. The molecule has 0 heterocycles. The highest BCUT2D eigenvalue weighted by Gasteiger charge is 1.79. The van der Waals surface area contributed by atoms with E-state index < -0.39 is 0 Å². The lowest BCUT2D eigenvalue weighted by molar-refractivity contribution is 1.04. The Labute approximate surface area is 81.4 Å². The Bertz CT molecular complexity index is 192. The molecule has 0 atom stereocenters. The summed E-state index contributed by atoms with van der Waals surface area (Å²) in [5.41, 5.74) is 0. The zero-order valence-corrected chi connectivity index (χ0v) is 8.02. The molecule has 0 bridgehead atoms. The lowest BCUT2D eigenvalue weighted by Gasteiger charge is -1.85. The molecule has 0 amide bonds. The fraction of sp³-hybridized carbons (Fsp3) is 0.308. The van der Waals surface area contributed by atoms with Gasteiger partial charge in [-0.3, -0.25) is 0 Å². The third-order valence-electron chi connectivity index (χ3n) is 1.87. The van der Waals surface area contributed by atoms with Crippen LogP contribution in [0.25, 0.3) is 0 Å². The molecule has 0 fully saturated rings. The van der Waals surface area contributed by atoms with Crippen molar-refractivity contribution in [1.82, 2.24) is 0 Å². The van der Waals surface area contributed by atoms with Crippen LogP contribution >= 0.6 is 0 Å². The van der Waals surface area contributed by atoms with Crippen LogP contribution in [0.2, 0.25) is 0 Å². The average Bonchev–Trinajstić information content (AvgIpc) is 2.18. The van der Waals surface area contributed by atoms with Gasteiger partial charge < -0.3 is 0 Å². The van der Waals surface area contributed by atoms with E-state index >= 15 is 0 Å². The summed E-state index contributed by atoms with van der Waals surface area (Å²) >= 11 is 0. The average molecular weight is 173 g/mol. The lowest BCUT2D eigenvalue weighted by Crippen LogP contribution is -1.65. The Morgan fingerprint density at radius 1 is 0.538 bits per heavy atom. The molecule has 0 aliphatic heterocycles. The molecule has 0 spiro atoms. The van der Waals surface area contributed by atoms with Crippen molar-refractivity contribution in [2.45, 2.75) is 25.7 Å². The summed E-state index contributed by atoms with van der Waals surface area (Å²) in [6, 6.07) is 0. The van der Waals surface area contributed by atoms with Crippen molar-refractivity contribution in [3.63, 3.8) is 0 Å². The molecule has 0 saturated heterocycles. The topological polar surface area (TPSA) is 0 Å². The van der Waals surface area contributed by atoms with E-state index in [-0.39, 0.29) is 0 Å². The van der Waals surface area contributed by atoms with Crippen LogP contribution in [0.3, 0.4) is 0 Å². The molecule has 0 N–H and O–H groups in total. The van der Waals surface area contributed by atoms with Crippen LogP contribution in [0.5, 0.6) is 0 Å². The van der Waals surface area contributed by atoms with Gasteiger partial charge in [-0.05, 0) is 25.7 Å². The third-order valence-corrected chi connectivity index (χ3v) is 1.87. The second-order valence-electron chi connectivity index (χ2n) is 3.04. The van der Waals surface area contributed by atoms with Crippen LogP contribution in [0.4, 0.5) is 0 Å². The van der Waals surface area contributed by atoms with E-state index in [1.165, 1.54) is 0 Å². The van der Waals surface area contributed by atoms with E-state index in [0.29, 0.717) is 0 Å². The minimum atomic E-state index is 1.05. The van der Waals surface area contributed by atoms with Crippen molar-refractivity contribution < 1.29 is 0 Å². The summed E-state index contributed by atoms with van der Waals surface area (Å²) in [4.78, 5) is 0. The van der Waals surface area contributed by atoms with E-state index in [4.69, 9.17) is 0 Å². The van der Waals surface area contributed by atoms with Gasteiger partial charge in [0.1, 0.15) is 0 Å². The predicted octanol–water partition coefficient (Wildman–Crippen LogP) is 3.99. The second kappa shape index (κ2) is 7.60. The minimum absolute atomic E-state index is 1.05. The fourth-order valence-corrected chi connectivity index (χ4v) is 1.16. The van der Waals surface area contributed by atoms with Crippen molar-refractivity contribution >= 4 is 0 Å². The number of allylic oxidation sites excluding steroid dienone is 8. The molecule has 0 aromatic rings. The summed E-state index contributed by atoms with van der Waals surface area (Å²) in [5, 5.41) is 0. The molecule has 69 valence electrons. The maximum atomic E-state index is 2.25. The first-order valence-electron chi connectivity index (χ1n) is 4.95. The van der Waals surface area contributed by atoms with Crippen LogP contribution < -0.4 is 0 Å². The van der Waals surface area contributed by atoms with Crippen molar-refractivity contribution in [2.75, 3.05) is 0 Å². The highest BCUT2D eigenvalue weighted by atomic mass is 13.9. The summed E-state index contributed by atoms with van der Waals surface area (Å²) in [6.45, 7) is 0. The van der Waals surface area contributed by atoms with Crippen LogP contribution in [0, 0.1) is 6.42 Å². The summed E-state index contributed by atoms with van der Waals surface area (Å²) in [6.07, 6.45) is 24.0. The maximum absolute atomic E-state index is 2.25. The fourth-order valence-electron chi connectivity index (χ4n) is 1.16. The first-order chi connectivity index (χ1) is 6.50. The lowest BCUT2D eigenvalue weighted by atomic mass is 10.2. The van der Waals surface area contributed by atoms with Gasteiger partial charge in [0.15, 0.2) is 0 Å². The molecule has 1 rings (SSSR count). The largest absolute Gasteiger partial charge is 0.0879 e. The first kappa shape index (κ1) is 10.0. The Morgan fingerprint density at radius 2 is 1.08 bits per heavy atom. The molecular weight excluding hydrogens is 156 g/mol. The zero-order chi connectivity index (χ0) is 9.19. The molecule has 13 heavy (non-hydrogen) atoms. The van der Waals surface area contributed by atoms with Crippen molar-refractivity contribution in [2.24, 2.45) is 0 Å². The van der Waals surface area contributed by atoms with Gasteiger partial charge in [-0.15, -0.1) is 0 Å². The van der Waals surface area contributed by atoms with Gasteiger partial charge in [0.05, 0.1) is 0 Å². The molecule has 0 heteroatoms. The van der Waals surface area contributed by atoms with Crippen LogP contribution in [0.15, 0.2) is 48.6 Å². The Morgan fingerprint density at radius 3 is 1.62 bits per heavy atom. The quantitative estimate of drug-likeness (QED) is 0.486. The molecule has 0 nitrogen and oxygen atoms in total. The van der Waals surface area contributed by atoms with E-state index in [1.807, 2.05) is 0 Å². The molecule has 0 aromatic carbocycles. The monoisotopic (exact) mass is 173 g/mol. The molecule has 0 saturated carbocycles. The van der Waals surface area contributed by atoms with Gasteiger partial charge in [-0.25, -0.2) is 0 Å². The van der Waals surface area contributed by atoms with Gasteiger partial charge in [0.25, 0.3) is 0 Å². The number of hydrogen-bond donors (Lipinski definition) is 0. The molecule has 0 aromatic heterocycles. The number of hydrogen-bond acceptors (Lipinski definition) is 0. The predicted molar refractivity (Wildman–Crippen MR) is 59.3 cm³/mol. The van der Waals surface area contributed by atoms with Crippen molar-refractivity contribution in [3.05, 3.63) is 55.0 Å². The molecule has 1 aliphatic rings. The number of rotatable bonds is 0. The van der Waals surface area contributed by atoms with Crippen LogP contribution in [-0.4, -0.2) is 0 Å². The summed E-state index contributed by atoms with van der Waals surface area (Å²) in [7, 11) is 0. The van der Waals surface area contributed by atoms with Gasteiger partial charge in [0, 0.05) is 6.42 Å². The van der Waals surface area contributed by atoms with Gasteiger partial charge in [-0.2, -0.15) is 0 Å². The van der Waals surface area contributed by atoms with Crippen molar-refractivity contribution in [3.8, 4) is 0 Å². The molecule has 1 radical (unpaired) electrons. The van der Waals surface area contributed by atoms with E-state index in [9.17, 15) is 0 Å². The summed E-state index contributed by atoms with van der Waals surface area (Å²) in [5.74, 6) is 0. The highest BCUT2D eigenvalue weighted by molar-refractivity contribution is 5.11. The molecule has 0 unspecified atom stereocenters. The molecular formula is C13H17. The van der Waals surface area contributed by atoms with Crippen molar-refractivity contribution in [1.29, 1.82) is 0 Å². The van der Waals surface area contributed by atoms with Gasteiger partial charge >= 0.3 is 0 Å². The van der Waals surface area contributed by atoms with E-state index in [2.05, 4.69) is 55.0 Å².